The van der Waals surface area contributed by atoms with Crippen molar-refractivity contribution in [2.75, 3.05) is 19.0 Å². The molecule has 1 aromatic carbocycles. The quantitative estimate of drug-likeness (QED) is 0.641. The first-order valence-electron chi connectivity index (χ1n) is 6.25. The number of rotatable bonds is 4. The normalized spacial score (nSPS) is 17.0. The molecule has 0 spiro atoms. The van der Waals surface area contributed by atoms with Gasteiger partial charge in [0.15, 0.2) is 0 Å². The molecule has 0 radical (unpaired) electrons. The topological polar surface area (TPSA) is 117 Å². The second-order valence-electron chi connectivity index (χ2n) is 4.52. The average molecular weight is 293 g/mol. The van der Waals surface area contributed by atoms with E-state index in [0.717, 1.165) is 0 Å². The number of hydrogen-bond acceptors (Lipinski definition) is 4. The monoisotopic (exact) mass is 293 g/mol. The Morgan fingerprint density at radius 3 is 2.76 bits per heavy atom. The third-order valence-electron chi connectivity index (χ3n) is 3.02. The third-order valence-corrected chi connectivity index (χ3v) is 3.02. The van der Waals surface area contributed by atoms with Gasteiger partial charge in [0.05, 0.1) is 24.4 Å². The van der Waals surface area contributed by atoms with E-state index >= 15 is 0 Å². The van der Waals surface area contributed by atoms with E-state index in [9.17, 15) is 14.4 Å². The molecule has 1 aliphatic rings. The van der Waals surface area contributed by atoms with E-state index in [4.69, 9.17) is 9.84 Å². The molecule has 1 unspecified atom stereocenters. The zero-order valence-corrected chi connectivity index (χ0v) is 11.3. The lowest BCUT2D eigenvalue weighted by atomic mass is 10.1. The summed E-state index contributed by atoms with van der Waals surface area (Å²) in [4.78, 5) is 34.0. The number of anilines is 1. The Labute approximate surface area is 120 Å². The maximum absolute atomic E-state index is 11.9. The summed E-state index contributed by atoms with van der Waals surface area (Å²) in [6, 6.07) is 3.37. The molecular weight excluding hydrogens is 278 g/mol. The molecule has 1 aliphatic heterocycles. The first kappa shape index (κ1) is 14.6. The third kappa shape index (κ3) is 3.62. The summed E-state index contributed by atoms with van der Waals surface area (Å²) in [5, 5.41) is 16.7. The smallest absolute Gasteiger partial charge is 0.337 e. The number of carboxylic acids is 1. The number of urea groups is 1. The molecule has 21 heavy (non-hydrogen) atoms. The molecule has 1 heterocycles. The summed E-state index contributed by atoms with van der Waals surface area (Å²) in [5.74, 6) is -0.869. The molecule has 1 saturated heterocycles. The fourth-order valence-electron chi connectivity index (χ4n) is 1.99. The molecule has 0 bridgehead atoms. The van der Waals surface area contributed by atoms with Crippen LogP contribution in [0, 0.1) is 0 Å². The van der Waals surface area contributed by atoms with Crippen LogP contribution in [0.5, 0.6) is 5.75 Å². The van der Waals surface area contributed by atoms with Crippen LogP contribution < -0.4 is 20.7 Å². The fraction of sp³-hybridized carbons (Fsp3) is 0.308. The van der Waals surface area contributed by atoms with Crippen LogP contribution in [0.4, 0.5) is 10.5 Å². The summed E-state index contributed by atoms with van der Waals surface area (Å²) >= 11 is 0. The van der Waals surface area contributed by atoms with Crippen LogP contribution in [0.1, 0.15) is 16.8 Å². The van der Waals surface area contributed by atoms with Gasteiger partial charge in [-0.15, -0.1) is 0 Å². The SMILES string of the molecule is COc1ccc(C(=O)O)c(NC(=O)NC2CNC(=O)C2)c1. The predicted octanol–water partition coefficient (Wildman–Crippen LogP) is 0.403. The van der Waals surface area contributed by atoms with Gasteiger partial charge in [-0.2, -0.15) is 0 Å². The van der Waals surface area contributed by atoms with Crippen LogP contribution in [-0.2, 0) is 4.79 Å². The number of carboxylic acid groups (broad SMARTS) is 1. The predicted molar refractivity (Wildman–Crippen MR) is 73.5 cm³/mol. The highest BCUT2D eigenvalue weighted by molar-refractivity contribution is 6.00. The van der Waals surface area contributed by atoms with Gasteiger partial charge in [0.1, 0.15) is 5.75 Å². The molecule has 2 rings (SSSR count). The van der Waals surface area contributed by atoms with Gasteiger partial charge >= 0.3 is 12.0 Å². The Balaban J connectivity index is 2.08. The van der Waals surface area contributed by atoms with Gasteiger partial charge < -0.3 is 25.8 Å². The van der Waals surface area contributed by atoms with Crippen molar-refractivity contribution in [1.29, 1.82) is 0 Å². The number of benzene rings is 1. The Kier molecular flexibility index (Phi) is 4.27. The number of amides is 3. The van der Waals surface area contributed by atoms with E-state index in [1.54, 1.807) is 0 Å². The van der Waals surface area contributed by atoms with E-state index in [1.807, 2.05) is 0 Å². The molecule has 1 atom stereocenters. The van der Waals surface area contributed by atoms with E-state index in [-0.39, 0.29) is 29.6 Å². The van der Waals surface area contributed by atoms with Gasteiger partial charge in [-0.1, -0.05) is 0 Å². The summed E-state index contributed by atoms with van der Waals surface area (Å²) in [6.07, 6.45) is 0.206. The minimum atomic E-state index is -1.16. The van der Waals surface area contributed by atoms with E-state index < -0.39 is 12.0 Å². The van der Waals surface area contributed by atoms with Crippen molar-refractivity contribution >= 4 is 23.6 Å². The van der Waals surface area contributed by atoms with E-state index in [1.165, 1.54) is 25.3 Å². The van der Waals surface area contributed by atoms with Gasteiger partial charge in [0.25, 0.3) is 0 Å². The Hall–Kier alpha value is -2.77. The van der Waals surface area contributed by atoms with Gasteiger partial charge in [-0.3, -0.25) is 4.79 Å². The van der Waals surface area contributed by atoms with Crippen molar-refractivity contribution in [3.63, 3.8) is 0 Å². The zero-order chi connectivity index (χ0) is 15.4. The van der Waals surface area contributed by atoms with Gasteiger partial charge in [0, 0.05) is 19.0 Å². The van der Waals surface area contributed by atoms with Crippen LogP contribution in [0.25, 0.3) is 0 Å². The maximum Gasteiger partial charge on any atom is 0.337 e. The fourth-order valence-corrected chi connectivity index (χ4v) is 1.99. The minimum absolute atomic E-state index is 0.0495. The average Bonchev–Trinajstić information content (AvgIpc) is 2.83. The second kappa shape index (κ2) is 6.12. The highest BCUT2D eigenvalue weighted by Gasteiger charge is 2.23. The number of carbonyl (C=O) groups excluding carboxylic acids is 2. The van der Waals surface area contributed by atoms with Crippen molar-refractivity contribution in [3.05, 3.63) is 23.8 Å². The van der Waals surface area contributed by atoms with Gasteiger partial charge in [0.2, 0.25) is 5.91 Å². The molecule has 0 aromatic heterocycles. The highest BCUT2D eigenvalue weighted by Crippen LogP contribution is 2.22. The number of ether oxygens (including phenoxy) is 1. The van der Waals surface area contributed by atoms with Crippen LogP contribution in [0.3, 0.4) is 0 Å². The Bertz CT molecular complexity index is 587. The second-order valence-corrected chi connectivity index (χ2v) is 4.52. The van der Waals surface area contributed by atoms with Crippen molar-refractivity contribution in [2.24, 2.45) is 0 Å². The van der Waals surface area contributed by atoms with Crippen LogP contribution in [0.2, 0.25) is 0 Å². The van der Waals surface area contributed by atoms with Crippen LogP contribution >= 0.6 is 0 Å². The lowest BCUT2D eigenvalue weighted by Gasteiger charge is -2.14. The van der Waals surface area contributed by atoms with Crippen molar-refractivity contribution in [3.8, 4) is 5.75 Å². The van der Waals surface area contributed by atoms with Gasteiger partial charge in [-0.05, 0) is 12.1 Å². The van der Waals surface area contributed by atoms with E-state index in [0.29, 0.717) is 12.3 Å². The van der Waals surface area contributed by atoms with Crippen molar-refractivity contribution < 1.29 is 24.2 Å². The number of hydrogen-bond donors (Lipinski definition) is 4. The highest BCUT2D eigenvalue weighted by atomic mass is 16.5. The number of methoxy groups -OCH3 is 1. The number of carbonyl (C=O) groups is 3. The lowest BCUT2D eigenvalue weighted by Crippen LogP contribution is -2.39. The molecule has 8 nitrogen and oxygen atoms in total. The van der Waals surface area contributed by atoms with Gasteiger partial charge in [-0.25, -0.2) is 9.59 Å². The molecule has 4 N–H and O–H groups in total. The molecule has 1 aromatic rings. The number of nitrogens with one attached hydrogen (secondary N) is 3. The Morgan fingerprint density at radius 1 is 1.43 bits per heavy atom. The summed E-state index contributed by atoms with van der Waals surface area (Å²) in [7, 11) is 1.44. The lowest BCUT2D eigenvalue weighted by molar-refractivity contribution is -0.119. The summed E-state index contributed by atoms with van der Waals surface area (Å²) in [5.41, 5.74) is 0.0724. The molecular formula is C13H15N3O5. The first-order valence-corrected chi connectivity index (χ1v) is 6.25. The molecule has 0 saturated carbocycles. The summed E-state index contributed by atoms with van der Waals surface area (Å²) < 4.78 is 5.00. The Morgan fingerprint density at radius 2 is 2.19 bits per heavy atom. The molecule has 1 fully saturated rings. The van der Waals surface area contributed by atoms with Crippen molar-refractivity contribution in [2.45, 2.75) is 12.5 Å². The van der Waals surface area contributed by atoms with Crippen LogP contribution in [0.15, 0.2) is 18.2 Å². The zero-order valence-electron chi connectivity index (χ0n) is 11.3. The molecule has 112 valence electrons. The maximum atomic E-state index is 11.9. The molecule has 3 amide bonds. The standard InChI is InChI=1S/C13H15N3O5/c1-21-8-2-3-9(12(18)19)10(5-8)16-13(20)15-7-4-11(17)14-6-7/h2-3,5,7H,4,6H2,1H3,(H,14,17)(H,18,19)(H2,15,16,20). The number of aromatic carboxylic acids is 1. The largest absolute Gasteiger partial charge is 0.497 e. The minimum Gasteiger partial charge on any atom is -0.497 e. The first-order chi connectivity index (χ1) is 9.99. The summed E-state index contributed by atoms with van der Waals surface area (Å²) in [6.45, 7) is 0.357. The molecule has 8 heteroatoms. The molecule has 0 aliphatic carbocycles. The van der Waals surface area contributed by atoms with Crippen molar-refractivity contribution in [1.82, 2.24) is 10.6 Å². The van der Waals surface area contributed by atoms with E-state index in [2.05, 4.69) is 16.0 Å². The van der Waals surface area contributed by atoms with Crippen LogP contribution in [-0.4, -0.2) is 42.7 Å².